The number of hydrogen-bond acceptors (Lipinski definition) is 6. The minimum absolute atomic E-state index is 0.0531. The van der Waals surface area contributed by atoms with E-state index >= 15 is 0 Å². The van der Waals surface area contributed by atoms with Crippen LogP contribution in [-0.2, 0) is 11.2 Å². The molecule has 7 heteroatoms. The number of anilines is 1. The molecule has 2 aromatic heterocycles. The first-order chi connectivity index (χ1) is 10.2. The van der Waals surface area contributed by atoms with Crippen molar-refractivity contribution in [3.63, 3.8) is 0 Å². The fraction of sp³-hybridized carbons (Fsp3) is 0.429. The third-order valence-corrected chi connectivity index (χ3v) is 4.75. The molecule has 1 unspecified atom stereocenters. The van der Waals surface area contributed by atoms with Crippen LogP contribution in [-0.4, -0.2) is 24.1 Å². The number of hydrogen-bond donors (Lipinski definition) is 0. The molecule has 0 amide bonds. The zero-order valence-corrected chi connectivity index (χ0v) is 13.1. The summed E-state index contributed by atoms with van der Waals surface area (Å²) in [5.74, 6) is 1.79. The van der Waals surface area contributed by atoms with E-state index in [1.165, 1.54) is 11.5 Å². The van der Waals surface area contributed by atoms with Gasteiger partial charge in [0.05, 0.1) is 13.2 Å². The maximum Gasteiger partial charge on any atom is 0.162 e. The van der Waals surface area contributed by atoms with Crippen molar-refractivity contribution in [2.75, 3.05) is 24.7 Å². The number of rotatable bonds is 3. The molecule has 0 N–H and O–H groups in total. The summed E-state index contributed by atoms with van der Waals surface area (Å²) in [4.78, 5) is 2.10. The number of halogens is 1. The summed E-state index contributed by atoms with van der Waals surface area (Å²) in [5.41, 5.74) is 0.427. The molecule has 1 aliphatic heterocycles. The van der Waals surface area contributed by atoms with E-state index in [-0.39, 0.29) is 11.2 Å². The van der Waals surface area contributed by atoms with E-state index in [1.54, 1.807) is 0 Å². The van der Waals surface area contributed by atoms with E-state index in [4.69, 9.17) is 20.8 Å². The van der Waals surface area contributed by atoms with Crippen LogP contribution in [0.5, 0.6) is 0 Å². The predicted molar refractivity (Wildman–Crippen MR) is 80.8 cm³/mol. The van der Waals surface area contributed by atoms with E-state index in [0.29, 0.717) is 25.3 Å². The van der Waals surface area contributed by atoms with Crippen molar-refractivity contribution in [2.45, 2.75) is 19.4 Å². The Morgan fingerprint density at radius 3 is 3.14 bits per heavy atom. The molecule has 3 heterocycles. The lowest BCUT2D eigenvalue weighted by Crippen LogP contribution is -2.39. The smallest absolute Gasteiger partial charge is 0.162 e. The first kappa shape index (κ1) is 14.4. The predicted octanol–water partition coefficient (Wildman–Crippen LogP) is 3.40. The average molecular weight is 324 g/mol. The molecule has 0 radical (unpaired) electrons. The van der Waals surface area contributed by atoms with Crippen LogP contribution in [0.15, 0.2) is 16.5 Å². The molecule has 1 atom stereocenters. The first-order valence-electron chi connectivity index (χ1n) is 6.72. The fourth-order valence-corrected chi connectivity index (χ4v) is 3.51. The normalized spacial score (nSPS) is 18.7. The molecule has 1 aliphatic rings. The van der Waals surface area contributed by atoms with E-state index in [1.807, 2.05) is 12.1 Å². The van der Waals surface area contributed by atoms with Gasteiger partial charge in [-0.25, -0.2) is 0 Å². The van der Waals surface area contributed by atoms with Gasteiger partial charge in [-0.1, -0.05) is 18.5 Å². The van der Waals surface area contributed by atoms with Crippen molar-refractivity contribution in [1.29, 1.82) is 5.26 Å². The molecule has 0 aliphatic carbocycles. The van der Waals surface area contributed by atoms with Crippen LogP contribution in [0.2, 0.25) is 5.15 Å². The maximum absolute atomic E-state index is 9.27. The van der Waals surface area contributed by atoms with Crippen LogP contribution in [0, 0.1) is 11.3 Å². The fourth-order valence-electron chi connectivity index (χ4n) is 2.40. The van der Waals surface area contributed by atoms with Gasteiger partial charge in [0.1, 0.15) is 34.2 Å². The van der Waals surface area contributed by atoms with Crippen LogP contribution in [0.25, 0.3) is 0 Å². The van der Waals surface area contributed by atoms with Gasteiger partial charge in [0.25, 0.3) is 0 Å². The molecule has 2 aromatic rings. The van der Waals surface area contributed by atoms with Crippen molar-refractivity contribution < 1.29 is 9.15 Å². The van der Waals surface area contributed by atoms with Crippen LogP contribution in [0.4, 0.5) is 5.00 Å². The quantitative estimate of drug-likeness (QED) is 0.866. The molecule has 0 aromatic carbocycles. The van der Waals surface area contributed by atoms with Crippen molar-refractivity contribution in [3.05, 3.63) is 34.4 Å². The minimum atomic E-state index is -0.0531. The van der Waals surface area contributed by atoms with E-state index in [2.05, 4.69) is 22.3 Å². The van der Waals surface area contributed by atoms with Crippen molar-refractivity contribution in [3.8, 4) is 6.07 Å². The molecule has 21 heavy (non-hydrogen) atoms. The molecule has 5 nitrogen and oxygen atoms in total. The van der Waals surface area contributed by atoms with Gasteiger partial charge in [-0.15, -0.1) is 0 Å². The number of nitriles is 1. The Balaban J connectivity index is 1.96. The second-order valence-electron chi connectivity index (χ2n) is 4.71. The first-order valence-corrected chi connectivity index (χ1v) is 7.88. The largest absolute Gasteiger partial charge is 0.464 e. The van der Waals surface area contributed by atoms with Crippen molar-refractivity contribution >= 4 is 28.1 Å². The molecular formula is C14H14ClN3O2S. The van der Waals surface area contributed by atoms with Gasteiger partial charge in [-0.05, 0) is 23.7 Å². The lowest BCUT2D eigenvalue weighted by Gasteiger charge is -2.35. The highest BCUT2D eigenvalue weighted by atomic mass is 35.5. The molecule has 0 spiro atoms. The topological polar surface area (TPSA) is 62.3 Å². The van der Waals surface area contributed by atoms with Crippen LogP contribution < -0.4 is 4.90 Å². The summed E-state index contributed by atoms with van der Waals surface area (Å²) >= 11 is 7.22. The summed E-state index contributed by atoms with van der Waals surface area (Å²) < 4.78 is 15.5. The van der Waals surface area contributed by atoms with Crippen LogP contribution in [0.3, 0.4) is 0 Å². The van der Waals surface area contributed by atoms with Gasteiger partial charge in [-0.2, -0.15) is 9.64 Å². The Hall–Kier alpha value is -1.55. The lowest BCUT2D eigenvalue weighted by atomic mass is 10.1. The molecule has 1 saturated heterocycles. The van der Waals surface area contributed by atoms with Gasteiger partial charge in [0.2, 0.25) is 0 Å². The third kappa shape index (κ3) is 2.64. The highest BCUT2D eigenvalue weighted by Crippen LogP contribution is 2.38. The zero-order valence-electron chi connectivity index (χ0n) is 11.5. The summed E-state index contributed by atoms with van der Waals surface area (Å²) in [6.07, 6.45) is 0.851. The van der Waals surface area contributed by atoms with E-state index in [9.17, 15) is 5.26 Å². The van der Waals surface area contributed by atoms with Gasteiger partial charge in [0, 0.05) is 13.0 Å². The average Bonchev–Trinajstić information content (AvgIpc) is 3.13. The molecule has 0 saturated carbocycles. The molecule has 1 fully saturated rings. The standard InChI is InChI=1S/C14H14ClN3O2S/c1-2-9-3-4-12(20-9)11-8-19-6-5-18(11)14-10(7-16)13(15)17-21-14/h3-4,11H,2,5-6,8H2,1H3. The van der Waals surface area contributed by atoms with Gasteiger partial charge < -0.3 is 14.1 Å². The van der Waals surface area contributed by atoms with Crippen LogP contribution >= 0.6 is 23.1 Å². The van der Waals surface area contributed by atoms with Gasteiger partial charge in [0.15, 0.2) is 5.15 Å². The lowest BCUT2D eigenvalue weighted by molar-refractivity contribution is 0.0877. The molecular weight excluding hydrogens is 310 g/mol. The third-order valence-electron chi connectivity index (χ3n) is 3.49. The Morgan fingerprint density at radius 2 is 2.43 bits per heavy atom. The van der Waals surface area contributed by atoms with Gasteiger partial charge >= 0.3 is 0 Å². The number of furan rings is 1. The maximum atomic E-state index is 9.27. The Morgan fingerprint density at radius 1 is 1.57 bits per heavy atom. The monoisotopic (exact) mass is 323 g/mol. The summed E-state index contributed by atoms with van der Waals surface area (Å²) in [6.45, 7) is 3.86. The SMILES string of the molecule is CCc1ccc(C2COCCN2c2snc(Cl)c2C#N)o1. The summed E-state index contributed by atoms with van der Waals surface area (Å²) in [7, 11) is 0. The zero-order chi connectivity index (χ0) is 14.8. The Kier molecular flexibility index (Phi) is 4.15. The van der Waals surface area contributed by atoms with Crippen LogP contribution in [0.1, 0.15) is 30.0 Å². The Bertz CT molecular complexity index is 676. The number of aromatic nitrogens is 1. The summed E-state index contributed by atoms with van der Waals surface area (Å²) in [6, 6.07) is 6.03. The number of morpholine rings is 1. The van der Waals surface area contributed by atoms with Gasteiger partial charge in [-0.3, -0.25) is 0 Å². The number of aryl methyl sites for hydroxylation is 1. The minimum Gasteiger partial charge on any atom is -0.464 e. The molecule has 3 rings (SSSR count). The second kappa shape index (κ2) is 6.06. The molecule has 0 bridgehead atoms. The van der Waals surface area contributed by atoms with Crippen molar-refractivity contribution in [2.24, 2.45) is 0 Å². The van der Waals surface area contributed by atoms with E-state index in [0.717, 1.165) is 22.9 Å². The Labute approximate surface area is 131 Å². The number of ether oxygens (including phenoxy) is 1. The summed E-state index contributed by atoms with van der Waals surface area (Å²) in [5, 5.41) is 10.3. The highest BCUT2D eigenvalue weighted by Gasteiger charge is 2.31. The number of nitrogens with zero attached hydrogens (tertiary/aromatic N) is 3. The molecule has 110 valence electrons. The van der Waals surface area contributed by atoms with E-state index < -0.39 is 0 Å². The second-order valence-corrected chi connectivity index (χ2v) is 5.82. The highest BCUT2D eigenvalue weighted by molar-refractivity contribution is 7.10. The van der Waals surface area contributed by atoms with Crippen molar-refractivity contribution in [1.82, 2.24) is 4.37 Å².